The monoisotopic (exact) mass is 328 g/mol. The summed E-state index contributed by atoms with van der Waals surface area (Å²) in [7, 11) is 0. The summed E-state index contributed by atoms with van der Waals surface area (Å²) in [5.41, 5.74) is 1.97. The molecule has 2 rings (SSSR count). The maximum Gasteiger partial charge on any atom is 0.311 e. The maximum absolute atomic E-state index is 11.2. The van der Waals surface area contributed by atoms with Crippen LogP contribution in [0.15, 0.2) is 36.4 Å². The van der Waals surface area contributed by atoms with E-state index >= 15 is 0 Å². The van der Waals surface area contributed by atoms with Gasteiger partial charge in [0.05, 0.1) is 4.92 Å². The highest BCUT2D eigenvalue weighted by atomic mass is 16.6. The number of nitrogens with zero attached hydrogens (tertiary/aromatic N) is 2. The molecule has 2 N–H and O–H groups in total. The van der Waals surface area contributed by atoms with Gasteiger partial charge in [0.1, 0.15) is 5.82 Å². The van der Waals surface area contributed by atoms with E-state index in [-0.39, 0.29) is 23.0 Å². The first kappa shape index (κ1) is 17.7. The van der Waals surface area contributed by atoms with Crippen molar-refractivity contribution in [2.75, 3.05) is 10.6 Å². The molecule has 0 saturated carbocycles. The Morgan fingerprint density at radius 1 is 1.08 bits per heavy atom. The predicted octanol–water partition coefficient (Wildman–Crippen LogP) is 4.85. The van der Waals surface area contributed by atoms with Crippen LogP contribution in [-0.4, -0.2) is 15.9 Å². The predicted molar refractivity (Wildman–Crippen MR) is 98.1 cm³/mol. The highest BCUT2D eigenvalue weighted by molar-refractivity contribution is 5.68. The molecule has 0 aliphatic carbocycles. The number of rotatable bonds is 5. The highest BCUT2D eigenvalue weighted by Gasteiger charge is 2.17. The fourth-order valence-corrected chi connectivity index (χ4v) is 2.26. The molecule has 24 heavy (non-hydrogen) atoms. The normalized spacial score (nSPS) is 11.4. The number of anilines is 3. The molecule has 0 fully saturated rings. The average molecular weight is 328 g/mol. The van der Waals surface area contributed by atoms with Crippen LogP contribution in [0.3, 0.4) is 0 Å². The summed E-state index contributed by atoms with van der Waals surface area (Å²) < 4.78 is 0. The topological polar surface area (TPSA) is 80.1 Å². The summed E-state index contributed by atoms with van der Waals surface area (Å²) in [5.74, 6) is 0.832. The van der Waals surface area contributed by atoms with E-state index in [4.69, 9.17) is 0 Å². The minimum Gasteiger partial charge on any atom is -0.368 e. The van der Waals surface area contributed by atoms with Gasteiger partial charge in [-0.2, -0.15) is 0 Å². The van der Waals surface area contributed by atoms with Gasteiger partial charge < -0.3 is 10.6 Å². The molecule has 0 saturated heterocycles. The van der Waals surface area contributed by atoms with Gasteiger partial charge in [0.2, 0.25) is 5.82 Å². The van der Waals surface area contributed by atoms with E-state index in [9.17, 15) is 10.1 Å². The Hall–Kier alpha value is -2.63. The molecule has 6 heteroatoms. The molecule has 1 aromatic heterocycles. The zero-order chi connectivity index (χ0) is 17.9. The van der Waals surface area contributed by atoms with Crippen molar-refractivity contribution >= 4 is 23.0 Å². The van der Waals surface area contributed by atoms with Gasteiger partial charge in [-0.25, -0.2) is 4.98 Å². The summed E-state index contributed by atoms with van der Waals surface area (Å²) in [6.45, 7) is 10.4. The van der Waals surface area contributed by atoms with Gasteiger partial charge in [0, 0.05) is 17.8 Å². The van der Waals surface area contributed by atoms with E-state index in [1.807, 2.05) is 38.1 Å². The van der Waals surface area contributed by atoms with Crippen molar-refractivity contribution in [2.45, 2.75) is 46.1 Å². The van der Waals surface area contributed by atoms with Gasteiger partial charge in [0.25, 0.3) is 0 Å². The van der Waals surface area contributed by atoms with Crippen LogP contribution < -0.4 is 10.6 Å². The van der Waals surface area contributed by atoms with Crippen molar-refractivity contribution in [1.29, 1.82) is 0 Å². The Balaban J connectivity index is 2.31. The van der Waals surface area contributed by atoms with E-state index in [2.05, 4.69) is 36.4 Å². The van der Waals surface area contributed by atoms with Gasteiger partial charge >= 0.3 is 5.69 Å². The standard InChI is InChI=1S/C18H24N4O2/c1-12(2)19-16-11-10-15(22(23)24)17(21-16)20-14-8-6-13(7-9-14)18(3,4)5/h6-12H,1-5H3,(H2,19,20,21). The molecular weight excluding hydrogens is 304 g/mol. The Morgan fingerprint density at radius 2 is 1.71 bits per heavy atom. The first-order valence-corrected chi connectivity index (χ1v) is 7.96. The van der Waals surface area contributed by atoms with Crippen LogP contribution in [0, 0.1) is 10.1 Å². The molecule has 0 aliphatic rings. The third-order valence-corrected chi connectivity index (χ3v) is 3.52. The summed E-state index contributed by atoms with van der Waals surface area (Å²) >= 11 is 0. The van der Waals surface area contributed by atoms with Crippen molar-refractivity contribution in [3.8, 4) is 0 Å². The Morgan fingerprint density at radius 3 is 2.21 bits per heavy atom. The van der Waals surface area contributed by atoms with Gasteiger partial charge in [-0.05, 0) is 43.0 Å². The minimum atomic E-state index is -0.433. The van der Waals surface area contributed by atoms with Crippen LogP contribution in [0.25, 0.3) is 0 Å². The summed E-state index contributed by atoms with van der Waals surface area (Å²) in [5, 5.41) is 17.4. The lowest BCUT2D eigenvalue weighted by Gasteiger charge is -2.19. The molecule has 1 heterocycles. The van der Waals surface area contributed by atoms with Crippen molar-refractivity contribution in [2.24, 2.45) is 0 Å². The highest BCUT2D eigenvalue weighted by Crippen LogP contribution is 2.29. The molecule has 0 bridgehead atoms. The lowest BCUT2D eigenvalue weighted by atomic mass is 9.87. The molecule has 0 aliphatic heterocycles. The molecule has 0 radical (unpaired) electrons. The van der Waals surface area contributed by atoms with Gasteiger partial charge in [0.15, 0.2) is 0 Å². The molecule has 1 aromatic carbocycles. The maximum atomic E-state index is 11.2. The van der Waals surface area contributed by atoms with Crippen LogP contribution in [0.2, 0.25) is 0 Å². The van der Waals surface area contributed by atoms with Gasteiger partial charge in [-0.1, -0.05) is 32.9 Å². The van der Waals surface area contributed by atoms with E-state index in [1.54, 1.807) is 6.07 Å². The number of hydrogen-bond donors (Lipinski definition) is 2. The first-order chi connectivity index (χ1) is 11.2. The number of hydrogen-bond acceptors (Lipinski definition) is 5. The number of nitrogens with one attached hydrogen (secondary N) is 2. The van der Waals surface area contributed by atoms with Gasteiger partial charge in [-0.15, -0.1) is 0 Å². The van der Waals surface area contributed by atoms with Crippen molar-refractivity contribution in [3.05, 3.63) is 52.1 Å². The molecule has 6 nitrogen and oxygen atoms in total. The first-order valence-electron chi connectivity index (χ1n) is 7.96. The van der Waals surface area contributed by atoms with Crippen LogP contribution in [0.1, 0.15) is 40.2 Å². The third kappa shape index (κ3) is 4.44. The fourth-order valence-electron chi connectivity index (χ4n) is 2.26. The lowest BCUT2D eigenvalue weighted by molar-refractivity contribution is -0.384. The zero-order valence-electron chi connectivity index (χ0n) is 14.8. The quantitative estimate of drug-likeness (QED) is 0.605. The summed E-state index contributed by atoms with van der Waals surface area (Å²) in [4.78, 5) is 15.1. The van der Waals surface area contributed by atoms with Crippen LogP contribution in [0.4, 0.5) is 23.0 Å². The Bertz CT molecular complexity index is 719. The van der Waals surface area contributed by atoms with Crippen molar-refractivity contribution < 1.29 is 4.92 Å². The van der Waals surface area contributed by atoms with Crippen LogP contribution in [-0.2, 0) is 5.41 Å². The van der Waals surface area contributed by atoms with Crippen molar-refractivity contribution in [3.63, 3.8) is 0 Å². The average Bonchev–Trinajstić information content (AvgIpc) is 2.46. The number of aromatic nitrogens is 1. The molecule has 0 amide bonds. The zero-order valence-corrected chi connectivity index (χ0v) is 14.8. The van der Waals surface area contributed by atoms with E-state index in [0.29, 0.717) is 5.82 Å². The van der Waals surface area contributed by atoms with E-state index in [0.717, 1.165) is 5.69 Å². The molecule has 0 spiro atoms. The van der Waals surface area contributed by atoms with Gasteiger partial charge in [-0.3, -0.25) is 10.1 Å². The Labute approximate surface area is 142 Å². The number of pyridine rings is 1. The largest absolute Gasteiger partial charge is 0.368 e. The SMILES string of the molecule is CC(C)Nc1ccc([N+](=O)[O-])c(Nc2ccc(C(C)(C)C)cc2)n1. The lowest BCUT2D eigenvalue weighted by Crippen LogP contribution is -2.12. The second-order valence-electron chi connectivity index (χ2n) is 7.07. The second kappa shape index (κ2) is 6.86. The Kier molecular flexibility index (Phi) is 5.07. The number of nitro groups is 1. The molecule has 2 aromatic rings. The summed E-state index contributed by atoms with van der Waals surface area (Å²) in [6.07, 6.45) is 0. The minimum absolute atomic E-state index is 0.0517. The van der Waals surface area contributed by atoms with E-state index in [1.165, 1.54) is 11.6 Å². The van der Waals surface area contributed by atoms with Crippen LogP contribution in [0.5, 0.6) is 0 Å². The smallest absolute Gasteiger partial charge is 0.311 e. The molecule has 0 unspecified atom stereocenters. The summed E-state index contributed by atoms with van der Waals surface area (Å²) in [6, 6.07) is 11.1. The van der Waals surface area contributed by atoms with Crippen molar-refractivity contribution in [1.82, 2.24) is 4.98 Å². The number of benzene rings is 1. The molecule has 0 atom stereocenters. The molecular formula is C18H24N4O2. The van der Waals surface area contributed by atoms with E-state index < -0.39 is 4.92 Å². The fraction of sp³-hybridized carbons (Fsp3) is 0.389. The second-order valence-corrected chi connectivity index (χ2v) is 7.07. The molecule has 128 valence electrons. The van der Waals surface area contributed by atoms with Crippen LogP contribution >= 0.6 is 0 Å². The third-order valence-electron chi connectivity index (χ3n) is 3.52.